The molecule has 4 nitrogen and oxygen atoms in total. The Labute approximate surface area is 129 Å². The molecule has 0 spiro atoms. The van der Waals surface area contributed by atoms with Crippen LogP contribution in [0, 0.1) is 11.8 Å². The maximum Gasteiger partial charge on any atom is 0.297 e. The summed E-state index contributed by atoms with van der Waals surface area (Å²) in [6, 6.07) is 1.36. The van der Waals surface area contributed by atoms with Crippen molar-refractivity contribution in [2.75, 3.05) is 18.5 Å². The van der Waals surface area contributed by atoms with Crippen molar-refractivity contribution < 1.29 is 4.42 Å². The van der Waals surface area contributed by atoms with Crippen LogP contribution < -0.4 is 10.2 Å². The van der Waals surface area contributed by atoms with E-state index in [4.69, 9.17) is 4.42 Å². The van der Waals surface area contributed by atoms with Crippen molar-refractivity contribution in [2.45, 2.75) is 65.5 Å². The Morgan fingerprint density at radius 1 is 1.33 bits per heavy atom. The molecular weight excluding hydrogens is 262 g/mol. The van der Waals surface area contributed by atoms with E-state index in [0.717, 1.165) is 30.7 Å². The lowest BCUT2D eigenvalue weighted by molar-refractivity contribution is 0.307. The Morgan fingerprint density at radius 2 is 2.05 bits per heavy atom. The van der Waals surface area contributed by atoms with E-state index in [1.165, 1.54) is 32.1 Å². The molecule has 1 N–H and O–H groups in total. The predicted molar refractivity (Wildman–Crippen MR) is 87.5 cm³/mol. The summed E-state index contributed by atoms with van der Waals surface area (Å²) in [5.74, 6) is 1.59. The second kappa shape index (κ2) is 7.83. The van der Waals surface area contributed by atoms with Crippen molar-refractivity contribution >= 4 is 6.01 Å². The van der Waals surface area contributed by atoms with E-state index in [9.17, 15) is 0 Å². The van der Waals surface area contributed by atoms with Crippen LogP contribution in [0.3, 0.4) is 0 Å². The summed E-state index contributed by atoms with van der Waals surface area (Å²) in [6.45, 7) is 8.53. The molecule has 0 aromatic carbocycles. The Hall–Kier alpha value is -1.03. The molecule has 1 saturated carbocycles. The molecular formula is C17H31N3O. The molecule has 1 aromatic rings. The molecule has 1 heterocycles. The van der Waals surface area contributed by atoms with Crippen LogP contribution in [-0.4, -0.2) is 24.6 Å². The zero-order chi connectivity index (χ0) is 15.2. The van der Waals surface area contributed by atoms with Crippen LogP contribution in [0.4, 0.5) is 6.01 Å². The van der Waals surface area contributed by atoms with Gasteiger partial charge in [-0.15, -0.1) is 0 Å². The largest absolute Gasteiger partial charge is 0.432 e. The second-order valence-electron chi connectivity index (χ2n) is 6.84. The molecule has 4 heteroatoms. The van der Waals surface area contributed by atoms with Crippen LogP contribution in [0.2, 0.25) is 0 Å². The van der Waals surface area contributed by atoms with Crippen LogP contribution in [0.25, 0.3) is 0 Å². The molecule has 1 aromatic heterocycles. The van der Waals surface area contributed by atoms with Crippen molar-refractivity contribution in [1.82, 2.24) is 10.3 Å². The van der Waals surface area contributed by atoms with Gasteiger partial charge in [0, 0.05) is 19.6 Å². The van der Waals surface area contributed by atoms with E-state index >= 15 is 0 Å². The van der Waals surface area contributed by atoms with Gasteiger partial charge in [-0.2, -0.15) is 4.98 Å². The van der Waals surface area contributed by atoms with E-state index in [1.807, 2.05) is 0 Å². The van der Waals surface area contributed by atoms with Gasteiger partial charge in [0.05, 0.1) is 5.69 Å². The maximum atomic E-state index is 5.67. The van der Waals surface area contributed by atoms with Crippen molar-refractivity contribution in [2.24, 2.45) is 11.8 Å². The van der Waals surface area contributed by atoms with Crippen LogP contribution >= 0.6 is 0 Å². The first kappa shape index (κ1) is 16.3. The molecule has 0 bridgehead atoms. The van der Waals surface area contributed by atoms with Crippen molar-refractivity contribution in [1.29, 1.82) is 0 Å². The molecule has 21 heavy (non-hydrogen) atoms. The number of oxazole rings is 1. The second-order valence-corrected chi connectivity index (χ2v) is 6.84. The monoisotopic (exact) mass is 293 g/mol. The van der Waals surface area contributed by atoms with Gasteiger partial charge in [-0.1, -0.05) is 27.2 Å². The average Bonchev–Trinajstić information content (AvgIpc) is 2.95. The van der Waals surface area contributed by atoms with E-state index < -0.39 is 0 Å². The number of nitrogens with zero attached hydrogens (tertiary/aromatic N) is 2. The average molecular weight is 293 g/mol. The third kappa shape index (κ3) is 4.73. The third-order valence-corrected chi connectivity index (χ3v) is 4.64. The highest BCUT2D eigenvalue weighted by Crippen LogP contribution is 2.30. The first-order valence-electron chi connectivity index (χ1n) is 8.48. The Kier molecular flexibility index (Phi) is 6.09. The Bertz CT molecular complexity index is 408. The van der Waals surface area contributed by atoms with E-state index in [1.54, 1.807) is 6.26 Å². The van der Waals surface area contributed by atoms with Gasteiger partial charge in [-0.3, -0.25) is 0 Å². The number of anilines is 1. The number of hydrogen-bond acceptors (Lipinski definition) is 4. The molecule has 2 rings (SSSR count). The smallest absolute Gasteiger partial charge is 0.297 e. The Morgan fingerprint density at radius 3 is 2.67 bits per heavy atom. The number of nitrogens with one attached hydrogen (secondary N) is 1. The molecule has 0 radical (unpaired) electrons. The summed E-state index contributed by atoms with van der Waals surface area (Å²) in [5.41, 5.74) is 1.000. The summed E-state index contributed by atoms with van der Waals surface area (Å²) in [4.78, 5) is 6.85. The fourth-order valence-corrected chi connectivity index (χ4v) is 3.12. The van der Waals surface area contributed by atoms with Gasteiger partial charge in [-0.25, -0.2) is 0 Å². The molecule has 1 aliphatic rings. The van der Waals surface area contributed by atoms with Gasteiger partial charge in [0.1, 0.15) is 6.26 Å². The first-order valence-corrected chi connectivity index (χ1v) is 8.48. The lowest BCUT2D eigenvalue weighted by atomic mass is 9.84. The lowest BCUT2D eigenvalue weighted by Gasteiger charge is -2.33. The van der Waals surface area contributed by atoms with Crippen molar-refractivity contribution in [3.8, 4) is 0 Å². The predicted octanol–water partition coefficient (Wildman–Crippen LogP) is 3.83. The number of aromatic nitrogens is 1. The molecule has 1 fully saturated rings. The quantitative estimate of drug-likeness (QED) is 0.829. The maximum absolute atomic E-state index is 5.67. The van der Waals surface area contributed by atoms with Gasteiger partial charge in [0.25, 0.3) is 6.01 Å². The molecule has 120 valence electrons. The van der Waals surface area contributed by atoms with Crippen LogP contribution in [0.5, 0.6) is 0 Å². The van der Waals surface area contributed by atoms with Crippen LogP contribution in [0.15, 0.2) is 10.7 Å². The minimum absolute atomic E-state index is 0.586. The van der Waals surface area contributed by atoms with Crippen molar-refractivity contribution in [3.63, 3.8) is 0 Å². The number of rotatable bonds is 7. The van der Waals surface area contributed by atoms with Crippen LogP contribution in [0.1, 0.15) is 58.6 Å². The zero-order valence-electron chi connectivity index (χ0n) is 14.1. The molecule has 0 unspecified atom stereocenters. The van der Waals surface area contributed by atoms with Gasteiger partial charge in [0.15, 0.2) is 0 Å². The highest BCUT2D eigenvalue weighted by molar-refractivity contribution is 5.27. The fraction of sp³-hybridized carbons (Fsp3) is 0.824. The summed E-state index contributed by atoms with van der Waals surface area (Å²) >= 11 is 0. The third-order valence-electron chi connectivity index (χ3n) is 4.64. The summed E-state index contributed by atoms with van der Waals surface area (Å²) in [6.07, 6.45) is 8.32. The first-order chi connectivity index (χ1) is 10.1. The van der Waals surface area contributed by atoms with E-state index in [2.05, 4.69) is 43.0 Å². The van der Waals surface area contributed by atoms with E-state index in [0.29, 0.717) is 12.0 Å². The van der Waals surface area contributed by atoms with Gasteiger partial charge >= 0.3 is 0 Å². The molecule has 0 saturated heterocycles. The highest BCUT2D eigenvalue weighted by Gasteiger charge is 2.25. The molecule has 0 aliphatic heterocycles. The zero-order valence-corrected chi connectivity index (χ0v) is 14.1. The molecule has 1 aliphatic carbocycles. The van der Waals surface area contributed by atoms with Crippen LogP contribution in [-0.2, 0) is 6.54 Å². The van der Waals surface area contributed by atoms with Gasteiger partial charge in [0.2, 0.25) is 0 Å². The minimum Gasteiger partial charge on any atom is -0.432 e. The van der Waals surface area contributed by atoms with E-state index in [-0.39, 0.29) is 0 Å². The SMILES string of the molecule is CCC1CCC(N(C)c2nc(CNCC(C)C)co2)CC1. The number of hydrogen-bond donors (Lipinski definition) is 1. The summed E-state index contributed by atoms with van der Waals surface area (Å²) in [5, 5.41) is 3.41. The topological polar surface area (TPSA) is 41.3 Å². The lowest BCUT2D eigenvalue weighted by Crippen LogP contribution is -2.35. The Balaban J connectivity index is 1.83. The van der Waals surface area contributed by atoms with Gasteiger partial charge in [-0.05, 0) is 44.1 Å². The molecule has 0 amide bonds. The summed E-state index contributed by atoms with van der Waals surface area (Å²) in [7, 11) is 2.12. The highest BCUT2D eigenvalue weighted by atomic mass is 16.4. The minimum atomic E-state index is 0.586. The standard InChI is InChI=1S/C17H31N3O/c1-5-14-6-8-16(9-7-14)20(4)17-19-15(12-21-17)11-18-10-13(2)3/h12-14,16,18H,5-11H2,1-4H3. The van der Waals surface area contributed by atoms with Crippen molar-refractivity contribution in [3.05, 3.63) is 12.0 Å². The fourth-order valence-electron chi connectivity index (χ4n) is 3.12. The normalized spacial score (nSPS) is 22.7. The summed E-state index contributed by atoms with van der Waals surface area (Å²) < 4.78 is 5.67. The van der Waals surface area contributed by atoms with Gasteiger partial charge < -0.3 is 14.6 Å². The molecule has 0 atom stereocenters.